The standard InChI is InChI=1S/C31H23N3O/c1-35-26-19-17-24(18-20-26)29-30(25-15-9-4-10-16-25)33-34-28(23-13-7-3-8-14-23)21-27(32-31(29)34)22-11-5-2-6-12-22/h2-21H,1H3. The summed E-state index contributed by atoms with van der Waals surface area (Å²) in [6.45, 7) is 0. The highest BCUT2D eigenvalue weighted by molar-refractivity contribution is 5.92. The number of aromatic nitrogens is 3. The van der Waals surface area contributed by atoms with Crippen LogP contribution in [-0.4, -0.2) is 21.7 Å². The van der Waals surface area contributed by atoms with Crippen LogP contribution in [0.4, 0.5) is 0 Å². The number of ether oxygens (including phenoxy) is 1. The molecule has 0 aliphatic rings. The molecule has 35 heavy (non-hydrogen) atoms. The summed E-state index contributed by atoms with van der Waals surface area (Å²) >= 11 is 0. The number of benzene rings is 4. The Hall–Kier alpha value is -4.70. The van der Waals surface area contributed by atoms with E-state index in [2.05, 4.69) is 66.7 Å². The van der Waals surface area contributed by atoms with Crippen LogP contribution in [0.2, 0.25) is 0 Å². The molecule has 0 unspecified atom stereocenters. The first-order chi connectivity index (χ1) is 17.3. The lowest BCUT2D eigenvalue weighted by atomic mass is 10.0. The second kappa shape index (κ2) is 8.92. The van der Waals surface area contributed by atoms with E-state index in [-0.39, 0.29) is 0 Å². The minimum absolute atomic E-state index is 0.814. The van der Waals surface area contributed by atoms with Crippen LogP contribution >= 0.6 is 0 Å². The molecule has 0 saturated carbocycles. The Labute approximate surface area is 204 Å². The van der Waals surface area contributed by atoms with Gasteiger partial charge in [0.05, 0.1) is 24.1 Å². The monoisotopic (exact) mass is 453 g/mol. The third-order valence-electron chi connectivity index (χ3n) is 6.15. The average molecular weight is 454 g/mol. The molecule has 6 aromatic rings. The van der Waals surface area contributed by atoms with E-state index in [1.165, 1.54) is 0 Å². The molecule has 168 valence electrons. The van der Waals surface area contributed by atoms with Crippen molar-refractivity contribution in [2.75, 3.05) is 7.11 Å². The number of rotatable bonds is 5. The largest absolute Gasteiger partial charge is 0.497 e. The molecule has 0 aliphatic heterocycles. The molecule has 2 heterocycles. The smallest absolute Gasteiger partial charge is 0.164 e. The number of nitrogens with zero attached hydrogens (tertiary/aromatic N) is 3. The lowest BCUT2D eigenvalue weighted by molar-refractivity contribution is 0.415. The predicted molar refractivity (Wildman–Crippen MR) is 141 cm³/mol. The Morgan fingerprint density at radius 1 is 0.600 bits per heavy atom. The molecule has 4 nitrogen and oxygen atoms in total. The molecular weight excluding hydrogens is 430 g/mol. The zero-order valence-corrected chi connectivity index (χ0v) is 19.3. The van der Waals surface area contributed by atoms with Crippen molar-refractivity contribution in [3.8, 4) is 50.6 Å². The second-order valence-electron chi connectivity index (χ2n) is 8.31. The number of fused-ring (bicyclic) bond motifs is 1. The number of hydrogen-bond donors (Lipinski definition) is 0. The summed E-state index contributed by atoms with van der Waals surface area (Å²) < 4.78 is 7.38. The van der Waals surface area contributed by atoms with Gasteiger partial charge in [0.1, 0.15) is 11.4 Å². The van der Waals surface area contributed by atoms with Crippen LogP contribution < -0.4 is 4.74 Å². The van der Waals surface area contributed by atoms with Gasteiger partial charge in [-0.2, -0.15) is 5.10 Å². The topological polar surface area (TPSA) is 39.4 Å². The van der Waals surface area contributed by atoms with Gasteiger partial charge in [0.2, 0.25) is 0 Å². The minimum atomic E-state index is 0.814. The first-order valence-electron chi connectivity index (χ1n) is 11.6. The number of hydrogen-bond acceptors (Lipinski definition) is 3. The molecule has 0 spiro atoms. The van der Waals surface area contributed by atoms with Crippen LogP contribution in [0.15, 0.2) is 121 Å². The van der Waals surface area contributed by atoms with E-state index in [1.807, 2.05) is 59.1 Å². The second-order valence-corrected chi connectivity index (χ2v) is 8.31. The van der Waals surface area contributed by atoms with E-state index < -0.39 is 0 Å². The van der Waals surface area contributed by atoms with Crippen molar-refractivity contribution >= 4 is 5.65 Å². The third kappa shape index (κ3) is 3.85. The molecule has 0 atom stereocenters. The highest BCUT2D eigenvalue weighted by atomic mass is 16.5. The normalized spacial score (nSPS) is 11.0. The predicted octanol–water partition coefficient (Wildman–Crippen LogP) is 7.41. The van der Waals surface area contributed by atoms with Gasteiger partial charge in [-0.1, -0.05) is 103 Å². The molecule has 2 aromatic heterocycles. The van der Waals surface area contributed by atoms with Crippen molar-refractivity contribution in [1.82, 2.24) is 14.6 Å². The van der Waals surface area contributed by atoms with Crippen molar-refractivity contribution in [3.05, 3.63) is 121 Å². The lowest BCUT2D eigenvalue weighted by Crippen LogP contribution is -1.98. The lowest BCUT2D eigenvalue weighted by Gasteiger charge is -2.10. The van der Waals surface area contributed by atoms with Gasteiger partial charge in [0, 0.05) is 16.7 Å². The van der Waals surface area contributed by atoms with Gasteiger partial charge in [-0.15, -0.1) is 0 Å². The Morgan fingerprint density at radius 3 is 1.77 bits per heavy atom. The van der Waals surface area contributed by atoms with E-state index in [0.717, 1.165) is 56.3 Å². The van der Waals surface area contributed by atoms with Crippen LogP contribution in [0.5, 0.6) is 5.75 Å². The SMILES string of the molecule is COc1ccc(-c2c(-c3ccccc3)nn3c(-c4ccccc4)cc(-c4ccccc4)nc23)cc1. The first kappa shape index (κ1) is 20.9. The van der Waals surface area contributed by atoms with Gasteiger partial charge in [-0.25, -0.2) is 9.50 Å². The molecule has 0 aliphatic carbocycles. The fraction of sp³-hybridized carbons (Fsp3) is 0.0323. The Bertz CT molecular complexity index is 1590. The Morgan fingerprint density at radius 2 is 1.17 bits per heavy atom. The maximum atomic E-state index is 5.41. The van der Waals surface area contributed by atoms with Gasteiger partial charge in [-0.3, -0.25) is 0 Å². The van der Waals surface area contributed by atoms with Crippen molar-refractivity contribution in [3.63, 3.8) is 0 Å². The molecule has 0 amide bonds. The van der Waals surface area contributed by atoms with Crippen molar-refractivity contribution in [1.29, 1.82) is 0 Å². The molecule has 4 heteroatoms. The first-order valence-corrected chi connectivity index (χ1v) is 11.6. The maximum absolute atomic E-state index is 5.41. The third-order valence-corrected chi connectivity index (χ3v) is 6.15. The van der Waals surface area contributed by atoms with E-state index >= 15 is 0 Å². The van der Waals surface area contributed by atoms with Gasteiger partial charge in [0.15, 0.2) is 5.65 Å². The quantitative estimate of drug-likeness (QED) is 0.273. The molecule has 0 radical (unpaired) electrons. The van der Waals surface area contributed by atoms with Crippen LogP contribution in [0.25, 0.3) is 50.5 Å². The summed E-state index contributed by atoms with van der Waals surface area (Å²) in [4.78, 5) is 5.17. The summed E-state index contributed by atoms with van der Waals surface area (Å²) in [5, 5.41) is 5.14. The summed E-state index contributed by atoms with van der Waals surface area (Å²) in [6, 6.07) is 41.2. The van der Waals surface area contributed by atoms with Crippen LogP contribution in [0.3, 0.4) is 0 Å². The average Bonchev–Trinajstić information content (AvgIpc) is 3.33. The Balaban J connectivity index is 1.71. The Kier molecular flexibility index (Phi) is 5.32. The van der Waals surface area contributed by atoms with Gasteiger partial charge in [-0.05, 0) is 23.8 Å². The van der Waals surface area contributed by atoms with Crippen molar-refractivity contribution < 1.29 is 4.74 Å². The number of methoxy groups -OCH3 is 1. The summed E-state index contributed by atoms with van der Waals surface area (Å²) in [5.74, 6) is 0.814. The van der Waals surface area contributed by atoms with Gasteiger partial charge < -0.3 is 4.74 Å². The van der Waals surface area contributed by atoms with Crippen LogP contribution in [0, 0.1) is 0 Å². The summed E-state index contributed by atoms with van der Waals surface area (Å²) in [5.41, 5.74) is 8.84. The van der Waals surface area contributed by atoms with E-state index in [4.69, 9.17) is 14.8 Å². The molecular formula is C31H23N3O. The minimum Gasteiger partial charge on any atom is -0.497 e. The molecule has 4 aromatic carbocycles. The highest BCUT2D eigenvalue weighted by Gasteiger charge is 2.21. The summed E-state index contributed by atoms with van der Waals surface area (Å²) in [6.07, 6.45) is 0. The van der Waals surface area contributed by atoms with Gasteiger partial charge >= 0.3 is 0 Å². The van der Waals surface area contributed by atoms with Crippen molar-refractivity contribution in [2.45, 2.75) is 0 Å². The zero-order chi connectivity index (χ0) is 23.6. The van der Waals surface area contributed by atoms with Gasteiger partial charge in [0.25, 0.3) is 0 Å². The van der Waals surface area contributed by atoms with E-state index in [0.29, 0.717) is 0 Å². The zero-order valence-electron chi connectivity index (χ0n) is 19.3. The summed E-state index contributed by atoms with van der Waals surface area (Å²) in [7, 11) is 1.68. The van der Waals surface area contributed by atoms with Crippen LogP contribution in [-0.2, 0) is 0 Å². The molecule has 0 bridgehead atoms. The fourth-order valence-corrected chi connectivity index (χ4v) is 4.41. The molecule has 0 fully saturated rings. The fourth-order valence-electron chi connectivity index (χ4n) is 4.41. The molecule has 0 N–H and O–H groups in total. The van der Waals surface area contributed by atoms with Crippen molar-refractivity contribution in [2.24, 2.45) is 0 Å². The highest BCUT2D eigenvalue weighted by Crippen LogP contribution is 2.38. The van der Waals surface area contributed by atoms with Crippen LogP contribution in [0.1, 0.15) is 0 Å². The maximum Gasteiger partial charge on any atom is 0.164 e. The van der Waals surface area contributed by atoms with E-state index in [1.54, 1.807) is 7.11 Å². The van der Waals surface area contributed by atoms with E-state index in [9.17, 15) is 0 Å². The molecule has 0 saturated heterocycles. The molecule has 6 rings (SSSR count).